The summed E-state index contributed by atoms with van der Waals surface area (Å²) in [6.07, 6.45) is 0.944. The number of alkyl halides is 3. The first-order valence-corrected chi connectivity index (χ1v) is 5.98. The average molecular weight is 313 g/mol. The van der Waals surface area contributed by atoms with Crippen molar-refractivity contribution in [2.75, 3.05) is 5.32 Å². The van der Waals surface area contributed by atoms with Crippen molar-refractivity contribution in [3.05, 3.63) is 12.4 Å². The van der Waals surface area contributed by atoms with E-state index >= 15 is 0 Å². The molecule has 0 atom stereocenters. The minimum absolute atomic E-state index is 0. The van der Waals surface area contributed by atoms with Gasteiger partial charge in [0, 0.05) is 6.20 Å². The predicted molar refractivity (Wildman–Crippen MR) is 69.5 cm³/mol. The molecule has 0 unspecified atom stereocenters. The van der Waals surface area contributed by atoms with Gasteiger partial charge in [-0.1, -0.05) is 12.8 Å². The number of hydrogen-bond donors (Lipinski definition) is 2. The van der Waals surface area contributed by atoms with Crippen molar-refractivity contribution in [3.63, 3.8) is 0 Å². The van der Waals surface area contributed by atoms with Crippen LogP contribution in [0.3, 0.4) is 0 Å². The molecular weight excluding hydrogens is 297 g/mol. The van der Waals surface area contributed by atoms with Crippen LogP contribution in [0.25, 0.3) is 0 Å². The van der Waals surface area contributed by atoms with Gasteiger partial charge in [0.1, 0.15) is 6.54 Å². The standard InChI is InChI=1S/C11H15F3N4O.ClH/c12-11(13,14)7-18-6-8(5-16-18)17-9(19)10(15)3-1-2-4-10;/h5-6H,1-4,7,15H2,(H,17,19);1H. The number of hydrogen-bond acceptors (Lipinski definition) is 3. The molecule has 114 valence electrons. The van der Waals surface area contributed by atoms with E-state index in [0.29, 0.717) is 12.8 Å². The lowest BCUT2D eigenvalue weighted by atomic mass is 9.98. The molecule has 0 aliphatic heterocycles. The van der Waals surface area contributed by atoms with Crippen LogP contribution in [-0.2, 0) is 11.3 Å². The average Bonchev–Trinajstić information content (AvgIpc) is 2.87. The van der Waals surface area contributed by atoms with Gasteiger partial charge in [-0.15, -0.1) is 12.4 Å². The normalized spacial score (nSPS) is 17.6. The Morgan fingerprint density at radius 1 is 1.45 bits per heavy atom. The number of amides is 1. The van der Waals surface area contributed by atoms with E-state index in [1.54, 1.807) is 0 Å². The second-order valence-electron chi connectivity index (χ2n) is 4.86. The third-order valence-electron chi connectivity index (χ3n) is 3.18. The molecule has 0 radical (unpaired) electrons. The van der Waals surface area contributed by atoms with Crippen molar-refractivity contribution >= 4 is 24.0 Å². The maximum Gasteiger partial charge on any atom is 0.408 e. The molecule has 0 saturated heterocycles. The topological polar surface area (TPSA) is 72.9 Å². The van der Waals surface area contributed by atoms with Crippen LogP contribution in [0.4, 0.5) is 18.9 Å². The molecule has 1 amide bonds. The van der Waals surface area contributed by atoms with E-state index in [1.807, 2.05) is 0 Å². The Morgan fingerprint density at radius 2 is 2.05 bits per heavy atom. The van der Waals surface area contributed by atoms with Crippen molar-refractivity contribution in [2.24, 2.45) is 5.73 Å². The Hall–Kier alpha value is -1.28. The van der Waals surface area contributed by atoms with Crippen LogP contribution in [0, 0.1) is 0 Å². The van der Waals surface area contributed by atoms with Gasteiger partial charge in [0.25, 0.3) is 0 Å². The van der Waals surface area contributed by atoms with Gasteiger partial charge in [-0.2, -0.15) is 18.3 Å². The third kappa shape index (κ3) is 4.11. The molecule has 20 heavy (non-hydrogen) atoms. The molecule has 9 heteroatoms. The number of halogens is 4. The molecular formula is C11H16ClF3N4O. The Bertz CT molecular complexity index is 468. The number of carbonyl (C=O) groups excluding carboxylic acids is 1. The van der Waals surface area contributed by atoms with E-state index < -0.39 is 18.3 Å². The van der Waals surface area contributed by atoms with Gasteiger partial charge in [-0.3, -0.25) is 9.48 Å². The number of nitrogens with one attached hydrogen (secondary N) is 1. The Morgan fingerprint density at radius 3 is 2.60 bits per heavy atom. The highest BCUT2D eigenvalue weighted by molar-refractivity contribution is 5.97. The SMILES string of the molecule is Cl.NC1(C(=O)Nc2cnn(CC(F)(F)F)c2)CCCC1. The van der Waals surface area contributed by atoms with Gasteiger partial charge < -0.3 is 11.1 Å². The molecule has 1 aromatic rings. The van der Waals surface area contributed by atoms with Gasteiger partial charge in [0.05, 0.1) is 17.4 Å². The number of nitrogens with zero attached hydrogens (tertiary/aromatic N) is 2. The van der Waals surface area contributed by atoms with Gasteiger partial charge in [0.2, 0.25) is 5.91 Å². The highest BCUT2D eigenvalue weighted by Gasteiger charge is 2.37. The van der Waals surface area contributed by atoms with Gasteiger partial charge in [-0.05, 0) is 12.8 Å². The summed E-state index contributed by atoms with van der Waals surface area (Å²) in [5.74, 6) is -0.364. The van der Waals surface area contributed by atoms with Crippen molar-refractivity contribution in [1.29, 1.82) is 0 Å². The first-order chi connectivity index (χ1) is 8.78. The first kappa shape index (κ1) is 16.8. The molecule has 1 fully saturated rings. The number of rotatable bonds is 3. The van der Waals surface area contributed by atoms with Gasteiger partial charge >= 0.3 is 6.18 Å². The van der Waals surface area contributed by atoms with Gasteiger partial charge in [0.15, 0.2) is 0 Å². The fraction of sp³-hybridized carbons (Fsp3) is 0.636. The van der Waals surface area contributed by atoms with Crippen molar-refractivity contribution < 1.29 is 18.0 Å². The maximum absolute atomic E-state index is 12.2. The zero-order chi connectivity index (χ0) is 14.1. The van der Waals surface area contributed by atoms with E-state index in [-0.39, 0.29) is 24.0 Å². The van der Waals surface area contributed by atoms with E-state index in [1.165, 1.54) is 6.20 Å². The zero-order valence-electron chi connectivity index (χ0n) is 10.6. The number of anilines is 1. The van der Waals surface area contributed by atoms with Crippen LogP contribution < -0.4 is 11.1 Å². The van der Waals surface area contributed by atoms with Gasteiger partial charge in [-0.25, -0.2) is 0 Å². The minimum atomic E-state index is -4.34. The Balaban J connectivity index is 0.00000200. The molecule has 0 aromatic carbocycles. The number of nitrogens with two attached hydrogens (primary N) is 1. The molecule has 1 aromatic heterocycles. The molecule has 2 rings (SSSR count). The highest BCUT2D eigenvalue weighted by atomic mass is 35.5. The van der Waals surface area contributed by atoms with Crippen LogP contribution in [0.1, 0.15) is 25.7 Å². The van der Waals surface area contributed by atoms with Crippen molar-refractivity contribution in [2.45, 2.75) is 43.9 Å². The van der Waals surface area contributed by atoms with E-state index in [2.05, 4.69) is 10.4 Å². The van der Waals surface area contributed by atoms with Crippen LogP contribution >= 0.6 is 12.4 Å². The molecule has 3 N–H and O–H groups in total. The van der Waals surface area contributed by atoms with Crippen LogP contribution in [0.15, 0.2) is 12.4 Å². The van der Waals surface area contributed by atoms with Crippen molar-refractivity contribution in [3.8, 4) is 0 Å². The third-order valence-corrected chi connectivity index (χ3v) is 3.18. The lowest BCUT2D eigenvalue weighted by Gasteiger charge is -2.21. The fourth-order valence-corrected chi connectivity index (χ4v) is 2.19. The summed E-state index contributed by atoms with van der Waals surface area (Å²) in [6.45, 7) is -1.18. The van der Waals surface area contributed by atoms with Crippen LogP contribution in [0.5, 0.6) is 0 Å². The molecule has 1 heterocycles. The summed E-state index contributed by atoms with van der Waals surface area (Å²) in [5.41, 5.74) is 5.26. The lowest BCUT2D eigenvalue weighted by Crippen LogP contribution is -2.48. The Kier molecular flexibility index (Phi) is 5.04. The van der Waals surface area contributed by atoms with E-state index in [4.69, 9.17) is 5.73 Å². The van der Waals surface area contributed by atoms with Crippen LogP contribution in [-0.4, -0.2) is 27.4 Å². The predicted octanol–water partition coefficient (Wildman–Crippen LogP) is 2.08. The minimum Gasteiger partial charge on any atom is -0.322 e. The smallest absolute Gasteiger partial charge is 0.322 e. The first-order valence-electron chi connectivity index (χ1n) is 5.98. The molecule has 5 nitrogen and oxygen atoms in total. The van der Waals surface area contributed by atoms with E-state index in [9.17, 15) is 18.0 Å². The highest BCUT2D eigenvalue weighted by Crippen LogP contribution is 2.28. The zero-order valence-corrected chi connectivity index (χ0v) is 11.4. The second kappa shape index (κ2) is 6.01. The summed E-state index contributed by atoms with van der Waals surface area (Å²) < 4.78 is 37.2. The van der Waals surface area contributed by atoms with Crippen LogP contribution in [0.2, 0.25) is 0 Å². The second-order valence-corrected chi connectivity index (χ2v) is 4.86. The quantitative estimate of drug-likeness (QED) is 0.897. The summed E-state index contributed by atoms with van der Waals surface area (Å²) in [5, 5.41) is 6.06. The summed E-state index contributed by atoms with van der Waals surface area (Å²) in [4.78, 5) is 11.9. The maximum atomic E-state index is 12.2. The molecule has 1 aliphatic carbocycles. The lowest BCUT2D eigenvalue weighted by molar-refractivity contribution is -0.142. The molecule has 1 saturated carbocycles. The summed E-state index contributed by atoms with van der Waals surface area (Å²) >= 11 is 0. The summed E-state index contributed by atoms with van der Waals surface area (Å²) in [7, 11) is 0. The molecule has 1 aliphatic rings. The molecule has 0 bridgehead atoms. The monoisotopic (exact) mass is 312 g/mol. The summed E-state index contributed by atoms with van der Waals surface area (Å²) in [6, 6.07) is 0. The number of aromatic nitrogens is 2. The fourth-order valence-electron chi connectivity index (χ4n) is 2.19. The largest absolute Gasteiger partial charge is 0.408 e. The molecule has 0 spiro atoms. The Labute approximate surface area is 120 Å². The number of carbonyl (C=O) groups is 1. The van der Waals surface area contributed by atoms with Crippen molar-refractivity contribution in [1.82, 2.24) is 9.78 Å². The van der Waals surface area contributed by atoms with E-state index in [0.717, 1.165) is 23.7 Å².